The number of rotatable bonds is 2. The monoisotopic (exact) mass is 403 g/mol. The number of carbonyl (C=O) groups is 1. The number of aliphatic imine (C=N–C) groups is 1. The molecule has 6 heteroatoms. The highest BCUT2D eigenvalue weighted by Gasteiger charge is 2.40. The van der Waals surface area contributed by atoms with E-state index in [9.17, 15) is 4.79 Å². The molecular formula is C21H23Cl2N3O. The van der Waals surface area contributed by atoms with Gasteiger partial charge in [-0.3, -0.25) is 9.79 Å². The van der Waals surface area contributed by atoms with Crippen molar-refractivity contribution in [1.29, 1.82) is 0 Å². The lowest BCUT2D eigenvalue weighted by Crippen LogP contribution is -2.49. The molecule has 4 rings (SSSR count). The second-order valence-electron chi connectivity index (χ2n) is 8.33. The van der Waals surface area contributed by atoms with Crippen molar-refractivity contribution in [1.82, 2.24) is 10.6 Å². The van der Waals surface area contributed by atoms with E-state index in [1.54, 1.807) is 12.3 Å². The summed E-state index contributed by atoms with van der Waals surface area (Å²) in [5.41, 5.74) is 2.83. The number of hydrogen-bond donors (Lipinski definition) is 2. The molecule has 1 aliphatic carbocycles. The van der Waals surface area contributed by atoms with Crippen LogP contribution in [-0.2, 0) is 11.2 Å². The van der Waals surface area contributed by atoms with Crippen LogP contribution < -0.4 is 10.6 Å². The van der Waals surface area contributed by atoms with E-state index in [2.05, 4.69) is 29.5 Å². The zero-order valence-electron chi connectivity index (χ0n) is 15.4. The Bertz CT molecular complexity index is 872. The Morgan fingerprint density at radius 2 is 2.04 bits per heavy atom. The van der Waals surface area contributed by atoms with E-state index in [1.165, 1.54) is 0 Å². The first-order valence-corrected chi connectivity index (χ1v) is 10.0. The number of benzene rings is 1. The van der Waals surface area contributed by atoms with Gasteiger partial charge >= 0.3 is 0 Å². The van der Waals surface area contributed by atoms with Crippen LogP contribution in [0, 0.1) is 5.41 Å². The SMILES string of the molecule is CC1(C)CC(=O)C2=C(C1)NC1C=NC=CC1NC2Cc1ccc(Cl)cc1Cl. The number of nitrogens with one attached hydrogen (secondary N) is 2. The highest BCUT2D eigenvalue weighted by Crippen LogP contribution is 2.39. The molecule has 27 heavy (non-hydrogen) atoms. The summed E-state index contributed by atoms with van der Waals surface area (Å²) in [6, 6.07) is 5.53. The van der Waals surface area contributed by atoms with Gasteiger partial charge in [0.2, 0.25) is 0 Å². The highest BCUT2D eigenvalue weighted by atomic mass is 35.5. The molecule has 0 radical (unpaired) electrons. The van der Waals surface area contributed by atoms with E-state index in [1.807, 2.05) is 24.4 Å². The molecule has 1 aromatic rings. The summed E-state index contributed by atoms with van der Waals surface area (Å²) >= 11 is 12.5. The van der Waals surface area contributed by atoms with Crippen molar-refractivity contribution in [3.63, 3.8) is 0 Å². The van der Waals surface area contributed by atoms with Gasteiger partial charge in [-0.05, 0) is 42.0 Å². The molecule has 2 aliphatic heterocycles. The lowest BCUT2D eigenvalue weighted by atomic mass is 9.73. The second kappa shape index (κ2) is 7.08. The summed E-state index contributed by atoms with van der Waals surface area (Å²) in [4.78, 5) is 17.4. The van der Waals surface area contributed by atoms with Gasteiger partial charge in [0, 0.05) is 46.2 Å². The van der Waals surface area contributed by atoms with Crippen molar-refractivity contribution in [2.45, 2.75) is 51.2 Å². The van der Waals surface area contributed by atoms with Crippen LogP contribution in [0.3, 0.4) is 0 Å². The molecule has 3 unspecified atom stereocenters. The maximum atomic E-state index is 13.1. The summed E-state index contributed by atoms with van der Waals surface area (Å²) in [6.45, 7) is 4.29. The van der Waals surface area contributed by atoms with Crippen molar-refractivity contribution in [2.75, 3.05) is 0 Å². The number of ketones is 1. The minimum atomic E-state index is -0.110. The van der Waals surface area contributed by atoms with Gasteiger partial charge in [-0.2, -0.15) is 0 Å². The van der Waals surface area contributed by atoms with E-state index in [4.69, 9.17) is 23.2 Å². The van der Waals surface area contributed by atoms with E-state index in [0.29, 0.717) is 22.9 Å². The lowest BCUT2D eigenvalue weighted by molar-refractivity contribution is -0.118. The number of allylic oxidation sites excluding steroid dienone is 1. The fourth-order valence-electron chi connectivity index (χ4n) is 4.24. The fraction of sp³-hybridized carbons (Fsp3) is 0.429. The predicted octanol–water partition coefficient (Wildman–Crippen LogP) is 4.08. The van der Waals surface area contributed by atoms with Gasteiger partial charge < -0.3 is 10.6 Å². The van der Waals surface area contributed by atoms with Gasteiger partial charge in [-0.15, -0.1) is 0 Å². The topological polar surface area (TPSA) is 53.5 Å². The van der Waals surface area contributed by atoms with Crippen molar-refractivity contribution in [2.24, 2.45) is 10.4 Å². The summed E-state index contributed by atoms with van der Waals surface area (Å²) in [5.74, 6) is 0.205. The Morgan fingerprint density at radius 3 is 2.81 bits per heavy atom. The van der Waals surface area contributed by atoms with E-state index < -0.39 is 0 Å². The molecule has 3 atom stereocenters. The largest absolute Gasteiger partial charge is 0.378 e. The van der Waals surface area contributed by atoms with Crippen molar-refractivity contribution in [3.8, 4) is 0 Å². The molecule has 0 saturated heterocycles. The molecule has 1 aromatic carbocycles. The minimum absolute atomic E-state index is 0.0346. The van der Waals surface area contributed by atoms with Crippen LogP contribution in [0.1, 0.15) is 32.3 Å². The smallest absolute Gasteiger partial charge is 0.162 e. The average Bonchev–Trinajstić information content (AvgIpc) is 2.72. The number of Topliss-reactive ketones (excluding diaryl/α,β-unsaturated/α-hetero) is 1. The molecule has 0 amide bonds. The van der Waals surface area contributed by atoms with E-state index in [-0.39, 0.29) is 29.3 Å². The first-order valence-electron chi connectivity index (χ1n) is 9.25. The zero-order chi connectivity index (χ0) is 19.2. The normalized spacial score (nSPS) is 29.0. The van der Waals surface area contributed by atoms with Gasteiger partial charge in [0.25, 0.3) is 0 Å². The second-order valence-corrected chi connectivity index (χ2v) is 9.17. The fourth-order valence-corrected chi connectivity index (χ4v) is 4.72. The maximum absolute atomic E-state index is 13.1. The van der Waals surface area contributed by atoms with Crippen LogP contribution in [0.25, 0.3) is 0 Å². The van der Waals surface area contributed by atoms with Crippen LogP contribution in [-0.4, -0.2) is 30.1 Å². The standard InChI is InChI=1S/C21H23Cl2N3O/c1-21(2)9-17-20(19(27)10-21)16(7-12-3-4-13(22)8-14(12)23)25-15-5-6-24-11-18(15)26-17/h3-6,8,11,15-16,18,25-26H,7,9-10H2,1-2H3. The Morgan fingerprint density at radius 1 is 1.22 bits per heavy atom. The van der Waals surface area contributed by atoms with Crippen LogP contribution in [0.2, 0.25) is 10.0 Å². The van der Waals surface area contributed by atoms with Crippen molar-refractivity contribution in [3.05, 3.63) is 57.4 Å². The van der Waals surface area contributed by atoms with Gasteiger partial charge in [0.15, 0.2) is 5.78 Å². The van der Waals surface area contributed by atoms with Crippen molar-refractivity contribution >= 4 is 35.2 Å². The molecule has 2 heterocycles. The summed E-state index contributed by atoms with van der Waals surface area (Å²) in [5, 5.41) is 8.48. The van der Waals surface area contributed by atoms with Crippen LogP contribution in [0.15, 0.2) is 46.7 Å². The van der Waals surface area contributed by atoms with Gasteiger partial charge in [0.05, 0.1) is 12.1 Å². The molecule has 2 N–H and O–H groups in total. The zero-order valence-corrected chi connectivity index (χ0v) is 16.9. The number of nitrogens with zero attached hydrogens (tertiary/aromatic N) is 1. The maximum Gasteiger partial charge on any atom is 0.162 e. The predicted molar refractivity (Wildman–Crippen MR) is 110 cm³/mol. The average molecular weight is 404 g/mol. The molecule has 0 spiro atoms. The Kier molecular flexibility index (Phi) is 4.91. The van der Waals surface area contributed by atoms with Gasteiger partial charge in [-0.25, -0.2) is 0 Å². The number of hydrogen-bond acceptors (Lipinski definition) is 4. The van der Waals surface area contributed by atoms with E-state index >= 15 is 0 Å². The van der Waals surface area contributed by atoms with Crippen LogP contribution in [0.4, 0.5) is 0 Å². The number of fused-ring (bicyclic) bond motifs is 1. The molecule has 0 aromatic heterocycles. The highest BCUT2D eigenvalue weighted by molar-refractivity contribution is 6.35. The third-order valence-electron chi connectivity index (χ3n) is 5.46. The first-order chi connectivity index (χ1) is 12.8. The number of halogens is 2. The Hall–Kier alpha value is -1.62. The van der Waals surface area contributed by atoms with E-state index in [0.717, 1.165) is 23.3 Å². The summed E-state index contributed by atoms with van der Waals surface area (Å²) in [7, 11) is 0. The summed E-state index contributed by atoms with van der Waals surface area (Å²) in [6.07, 6.45) is 7.80. The van der Waals surface area contributed by atoms with Gasteiger partial charge in [-0.1, -0.05) is 43.1 Å². The molecular weight excluding hydrogens is 381 g/mol. The molecule has 0 bridgehead atoms. The Balaban J connectivity index is 1.73. The molecule has 142 valence electrons. The minimum Gasteiger partial charge on any atom is -0.378 e. The van der Waals surface area contributed by atoms with Gasteiger partial charge in [0.1, 0.15) is 0 Å². The van der Waals surface area contributed by atoms with Crippen molar-refractivity contribution < 1.29 is 4.79 Å². The third kappa shape index (κ3) is 3.84. The molecule has 0 fully saturated rings. The molecule has 4 nitrogen and oxygen atoms in total. The third-order valence-corrected chi connectivity index (χ3v) is 6.04. The summed E-state index contributed by atoms with van der Waals surface area (Å²) < 4.78 is 0. The molecule has 3 aliphatic rings. The lowest BCUT2D eigenvalue weighted by Gasteiger charge is -2.34. The van der Waals surface area contributed by atoms with Crippen LogP contribution >= 0.6 is 23.2 Å². The quantitative estimate of drug-likeness (QED) is 0.781. The first kappa shape index (κ1) is 18.7. The van der Waals surface area contributed by atoms with Crippen LogP contribution in [0.5, 0.6) is 0 Å². The number of carbonyl (C=O) groups excluding carboxylic acids is 1. The Labute approximate surface area is 169 Å². The molecule has 0 saturated carbocycles.